The van der Waals surface area contributed by atoms with E-state index in [9.17, 15) is 9.59 Å². The van der Waals surface area contributed by atoms with Crippen molar-refractivity contribution in [1.29, 1.82) is 0 Å². The second-order valence-corrected chi connectivity index (χ2v) is 5.54. The SMILES string of the molecule is CCCCCCCCCCCC(=O)N(C)CCC(=O)O.[Mg]. The van der Waals surface area contributed by atoms with E-state index in [1.807, 2.05) is 0 Å². The molecule has 0 heterocycles. The van der Waals surface area contributed by atoms with Crippen molar-refractivity contribution >= 4 is 34.9 Å². The Morgan fingerprint density at radius 2 is 1.33 bits per heavy atom. The number of aliphatic carboxylic acids is 1. The molecule has 0 aromatic heterocycles. The summed E-state index contributed by atoms with van der Waals surface area (Å²) in [5.41, 5.74) is 0. The number of rotatable bonds is 13. The van der Waals surface area contributed by atoms with Gasteiger partial charge in [0.05, 0.1) is 6.42 Å². The Hall–Kier alpha value is -0.294. The number of carboxylic acid groups (broad SMARTS) is 1. The summed E-state index contributed by atoms with van der Waals surface area (Å²) in [5, 5.41) is 8.56. The van der Waals surface area contributed by atoms with Gasteiger partial charge in [0.25, 0.3) is 0 Å². The van der Waals surface area contributed by atoms with Crippen molar-refractivity contribution in [2.45, 2.75) is 77.6 Å². The van der Waals surface area contributed by atoms with Gasteiger partial charge < -0.3 is 10.0 Å². The number of carboxylic acids is 1. The van der Waals surface area contributed by atoms with Crippen LogP contribution in [0.25, 0.3) is 0 Å². The highest BCUT2D eigenvalue weighted by Crippen LogP contribution is 2.11. The van der Waals surface area contributed by atoms with Crippen molar-refractivity contribution in [2.24, 2.45) is 0 Å². The fourth-order valence-electron chi connectivity index (χ4n) is 2.17. The van der Waals surface area contributed by atoms with Crippen LogP contribution in [-0.4, -0.2) is 58.5 Å². The highest BCUT2D eigenvalue weighted by Gasteiger charge is 2.09. The van der Waals surface area contributed by atoms with E-state index >= 15 is 0 Å². The first kappa shape index (κ1) is 23.0. The molecule has 2 radical (unpaired) electrons. The Kier molecular flexibility index (Phi) is 17.6. The lowest BCUT2D eigenvalue weighted by atomic mass is 10.1. The highest BCUT2D eigenvalue weighted by molar-refractivity contribution is 5.76. The molecule has 21 heavy (non-hydrogen) atoms. The van der Waals surface area contributed by atoms with Crippen LogP contribution in [0.15, 0.2) is 0 Å². The van der Waals surface area contributed by atoms with Crippen LogP contribution in [0.5, 0.6) is 0 Å². The van der Waals surface area contributed by atoms with Crippen LogP contribution in [0.3, 0.4) is 0 Å². The summed E-state index contributed by atoms with van der Waals surface area (Å²) in [4.78, 5) is 23.6. The molecule has 0 rings (SSSR count). The largest absolute Gasteiger partial charge is 0.481 e. The number of amides is 1. The van der Waals surface area contributed by atoms with E-state index < -0.39 is 5.97 Å². The number of hydrogen-bond donors (Lipinski definition) is 1. The molecule has 0 atom stereocenters. The minimum Gasteiger partial charge on any atom is -0.481 e. The molecule has 0 unspecified atom stereocenters. The van der Waals surface area contributed by atoms with E-state index in [0.717, 1.165) is 12.8 Å². The zero-order valence-corrected chi connectivity index (χ0v) is 15.3. The lowest BCUT2D eigenvalue weighted by Gasteiger charge is -2.15. The van der Waals surface area contributed by atoms with Gasteiger partial charge in [-0.2, -0.15) is 0 Å². The van der Waals surface area contributed by atoms with Crippen molar-refractivity contribution < 1.29 is 14.7 Å². The third-order valence-corrected chi connectivity index (χ3v) is 3.58. The van der Waals surface area contributed by atoms with Crippen LogP contribution in [0, 0.1) is 0 Å². The van der Waals surface area contributed by atoms with Crippen LogP contribution in [0.1, 0.15) is 77.6 Å². The molecule has 5 heteroatoms. The highest BCUT2D eigenvalue weighted by atomic mass is 24.3. The van der Waals surface area contributed by atoms with E-state index in [1.165, 1.54) is 49.8 Å². The molecular formula is C16H31MgNO3. The maximum Gasteiger partial charge on any atom is 0.305 e. The molecule has 120 valence electrons. The smallest absolute Gasteiger partial charge is 0.305 e. The molecule has 0 saturated heterocycles. The first-order valence-electron chi connectivity index (χ1n) is 8.03. The van der Waals surface area contributed by atoms with Gasteiger partial charge in [0, 0.05) is 43.1 Å². The van der Waals surface area contributed by atoms with Crippen molar-refractivity contribution in [2.75, 3.05) is 13.6 Å². The minimum absolute atomic E-state index is 0. The molecule has 0 aliphatic carbocycles. The predicted molar refractivity (Wildman–Crippen MR) is 87.5 cm³/mol. The first-order chi connectivity index (χ1) is 9.57. The van der Waals surface area contributed by atoms with Crippen molar-refractivity contribution in [3.63, 3.8) is 0 Å². The van der Waals surface area contributed by atoms with E-state index in [0.29, 0.717) is 13.0 Å². The van der Waals surface area contributed by atoms with E-state index in [4.69, 9.17) is 5.11 Å². The predicted octanol–water partition coefficient (Wildman–Crippen LogP) is 3.46. The van der Waals surface area contributed by atoms with Crippen molar-refractivity contribution in [3.05, 3.63) is 0 Å². The summed E-state index contributed by atoms with van der Waals surface area (Å²) >= 11 is 0. The molecule has 0 fully saturated rings. The average Bonchev–Trinajstić information content (AvgIpc) is 2.42. The maximum absolute atomic E-state index is 11.7. The van der Waals surface area contributed by atoms with Gasteiger partial charge in [-0.1, -0.05) is 58.3 Å². The minimum atomic E-state index is -0.854. The summed E-state index contributed by atoms with van der Waals surface area (Å²) in [6.45, 7) is 2.54. The lowest BCUT2D eigenvalue weighted by Crippen LogP contribution is -2.28. The van der Waals surface area contributed by atoms with Gasteiger partial charge in [-0.25, -0.2) is 0 Å². The summed E-state index contributed by atoms with van der Waals surface area (Å²) in [7, 11) is 1.68. The Bertz CT molecular complexity index is 272. The Morgan fingerprint density at radius 1 is 0.857 bits per heavy atom. The van der Waals surface area contributed by atoms with E-state index in [1.54, 1.807) is 7.05 Å². The fourth-order valence-corrected chi connectivity index (χ4v) is 2.17. The molecular weight excluding hydrogens is 278 g/mol. The lowest BCUT2D eigenvalue weighted by molar-refractivity contribution is -0.138. The van der Waals surface area contributed by atoms with Crippen molar-refractivity contribution in [3.8, 4) is 0 Å². The van der Waals surface area contributed by atoms with Crippen molar-refractivity contribution in [1.82, 2.24) is 4.90 Å². The molecule has 1 N–H and O–H groups in total. The van der Waals surface area contributed by atoms with Crippen LogP contribution < -0.4 is 0 Å². The van der Waals surface area contributed by atoms with Gasteiger partial charge in [-0.3, -0.25) is 9.59 Å². The van der Waals surface area contributed by atoms with Gasteiger partial charge in [0.1, 0.15) is 0 Å². The Balaban J connectivity index is 0. The molecule has 0 bridgehead atoms. The monoisotopic (exact) mass is 309 g/mol. The third kappa shape index (κ3) is 15.9. The normalized spacial score (nSPS) is 10.0. The van der Waals surface area contributed by atoms with E-state index in [-0.39, 0.29) is 35.4 Å². The fraction of sp³-hybridized carbons (Fsp3) is 0.875. The molecule has 0 spiro atoms. The quantitative estimate of drug-likeness (QED) is 0.419. The molecule has 0 aromatic rings. The van der Waals surface area contributed by atoms with E-state index in [2.05, 4.69) is 6.92 Å². The zero-order valence-electron chi connectivity index (χ0n) is 13.9. The van der Waals surface area contributed by atoms with Gasteiger partial charge in [0.15, 0.2) is 0 Å². The molecule has 0 aliphatic heterocycles. The summed E-state index contributed by atoms with van der Waals surface area (Å²) in [6, 6.07) is 0. The van der Waals surface area contributed by atoms with Crippen LogP contribution in [0.2, 0.25) is 0 Å². The summed E-state index contributed by atoms with van der Waals surface area (Å²) in [5.74, 6) is -0.790. The number of carbonyl (C=O) groups is 2. The molecule has 1 amide bonds. The molecule has 0 aromatic carbocycles. The molecule has 0 saturated carbocycles. The van der Waals surface area contributed by atoms with Crippen LogP contribution in [0.4, 0.5) is 0 Å². The standard InChI is InChI=1S/C16H31NO3.Mg/c1-3-4-5-6-7-8-9-10-11-12-15(18)17(2)14-13-16(19)20;/h3-14H2,1-2H3,(H,19,20);. The number of hydrogen-bond acceptors (Lipinski definition) is 2. The molecule has 0 aliphatic rings. The summed E-state index contributed by atoms with van der Waals surface area (Å²) < 4.78 is 0. The Morgan fingerprint density at radius 3 is 1.81 bits per heavy atom. The summed E-state index contributed by atoms with van der Waals surface area (Å²) in [6.07, 6.45) is 11.7. The second-order valence-electron chi connectivity index (χ2n) is 5.54. The topological polar surface area (TPSA) is 57.6 Å². The third-order valence-electron chi connectivity index (χ3n) is 3.58. The molecule has 4 nitrogen and oxygen atoms in total. The van der Waals surface area contributed by atoms with Gasteiger partial charge in [-0.05, 0) is 6.42 Å². The maximum atomic E-state index is 11.7. The zero-order chi connectivity index (χ0) is 15.2. The van der Waals surface area contributed by atoms with Crippen LogP contribution >= 0.6 is 0 Å². The van der Waals surface area contributed by atoms with Gasteiger partial charge in [-0.15, -0.1) is 0 Å². The first-order valence-corrected chi connectivity index (χ1v) is 8.03. The number of unbranched alkanes of at least 4 members (excludes halogenated alkanes) is 8. The number of carbonyl (C=O) groups excluding carboxylic acids is 1. The number of nitrogens with zero attached hydrogens (tertiary/aromatic N) is 1. The Labute approximate surface area is 145 Å². The average molecular weight is 310 g/mol. The van der Waals surface area contributed by atoms with Gasteiger partial charge in [0.2, 0.25) is 5.91 Å². The van der Waals surface area contributed by atoms with Crippen LogP contribution in [-0.2, 0) is 9.59 Å². The van der Waals surface area contributed by atoms with Gasteiger partial charge >= 0.3 is 5.97 Å². The second kappa shape index (κ2) is 16.1.